The Morgan fingerprint density at radius 2 is 1.88 bits per heavy atom. The molecule has 0 aliphatic carbocycles. The van der Waals surface area contributed by atoms with Crippen molar-refractivity contribution in [2.24, 2.45) is 0 Å². The molecule has 4 nitrogen and oxygen atoms in total. The molecule has 0 amide bonds. The van der Waals surface area contributed by atoms with E-state index >= 15 is 0 Å². The van der Waals surface area contributed by atoms with Crippen molar-refractivity contribution in [2.75, 3.05) is 7.11 Å². The fourth-order valence-electron chi connectivity index (χ4n) is 2.41. The molecule has 0 radical (unpaired) electrons. The third-order valence-electron chi connectivity index (χ3n) is 3.73. The van der Waals surface area contributed by atoms with Gasteiger partial charge in [-0.1, -0.05) is 53.2 Å². The Morgan fingerprint density at radius 1 is 1.12 bits per heavy atom. The molecule has 0 aliphatic heterocycles. The Morgan fingerprint density at radius 3 is 2.54 bits per heavy atom. The van der Waals surface area contributed by atoms with Crippen LogP contribution in [0.1, 0.15) is 5.56 Å². The lowest BCUT2D eigenvalue weighted by Crippen LogP contribution is -2.00. The first-order chi connectivity index (χ1) is 12.6. The highest BCUT2D eigenvalue weighted by atomic mass is 35.5. The van der Waals surface area contributed by atoms with Gasteiger partial charge in [-0.15, -0.1) is 16.8 Å². The van der Waals surface area contributed by atoms with Crippen molar-refractivity contribution in [1.82, 2.24) is 14.8 Å². The summed E-state index contributed by atoms with van der Waals surface area (Å²) in [6, 6.07) is 13.4. The fraction of sp³-hybridized carbons (Fsp3) is 0.158. The molecule has 26 heavy (non-hydrogen) atoms. The maximum atomic E-state index is 6.14. The van der Waals surface area contributed by atoms with E-state index in [0.29, 0.717) is 16.6 Å². The number of ether oxygens (including phenoxy) is 1. The van der Waals surface area contributed by atoms with Crippen LogP contribution in [-0.4, -0.2) is 21.9 Å². The molecule has 0 spiro atoms. The molecule has 3 rings (SSSR count). The van der Waals surface area contributed by atoms with Crippen LogP contribution in [0.4, 0.5) is 0 Å². The van der Waals surface area contributed by atoms with Gasteiger partial charge in [0.2, 0.25) is 0 Å². The molecule has 0 saturated heterocycles. The van der Waals surface area contributed by atoms with Crippen molar-refractivity contribution in [3.63, 3.8) is 0 Å². The molecule has 1 aromatic heterocycles. The zero-order valence-electron chi connectivity index (χ0n) is 14.2. The summed E-state index contributed by atoms with van der Waals surface area (Å²) in [5, 5.41) is 10.5. The number of nitrogens with zero attached hydrogens (tertiary/aromatic N) is 3. The van der Waals surface area contributed by atoms with Gasteiger partial charge >= 0.3 is 0 Å². The standard InChI is InChI=1S/C19H17Cl2N3OS/c1-3-10-24-18(14-6-9-16(20)17(21)11-14)22-23-19(24)26-12-13-4-7-15(25-2)8-5-13/h3-9,11H,1,10,12H2,2H3. The number of thioether (sulfide) groups is 1. The van der Waals surface area contributed by atoms with Crippen molar-refractivity contribution in [3.05, 3.63) is 70.7 Å². The van der Waals surface area contributed by atoms with Gasteiger partial charge in [0.25, 0.3) is 0 Å². The smallest absolute Gasteiger partial charge is 0.192 e. The second kappa shape index (κ2) is 8.62. The molecule has 0 fully saturated rings. The summed E-state index contributed by atoms with van der Waals surface area (Å²) >= 11 is 13.8. The molecule has 0 N–H and O–H groups in total. The van der Waals surface area contributed by atoms with E-state index in [0.717, 1.165) is 28.0 Å². The summed E-state index contributed by atoms with van der Waals surface area (Å²) < 4.78 is 7.20. The number of methoxy groups -OCH3 is 1. The predicted octanol–water partition coefficient (Wildman–Crippen LogP) is 5.74. The van der Waals surface area contributed by atoms with Gasteiger partial charge in [-0.05, 0) is 35.9 Å². The zero-order chi connectivity index (χ0) is 18.5. The van der Waals surface area contributed by atoms with Crippen molar-refractivity contribution in [3.8, 4) is 17.1 Å². The topological polar surface area (TPSA) is 39.9 Å². The Hall–Kier alpha value is -1.95. The monoisotopic (exact) mass is 405 g/mol. The third-order valence-corrected chi connectivity index (χ3v) is 5.51. The molecule has 2 aromatic carbocycles. The fourth-order valence-corrected chi connectivity index (χ4v) is 3.61. The second-order valence-corrected chi connectivity index (χ2v) is 7.23. The van der Waals surface area contributed by atoms with Crippen LogP contribution in [0.2, 0.25) is 10.0 Å². The van der Waals surface area contributed by atoms with E-state index in [1.165, 1.54) is 5.56 Å². The molecule has 7 heteroatoms. The summed E-state index contributed by atoms with van der Waals surface area (Å²) in [4.78, 5) is 0. The number of hydrogen-bond acceptors (Lipinski definition) is 4. The average Bonchev–Trinajstić information content (AvgIpc) is 3.06. The summed E-state index contributed by atoms with van der Waals surface area (Å²) in [6.45, 7) is 4.44. The minimum Gasteiger partial charge on any atom is -0.497 e. The summed E-state index contributed by atoms with van der Waals surface area (Å²) in [5.41, 5.74) is 2.05. The number of rotatable bonds is 7. The van der Waals surface area contributed by atoms with E-state index < -0.39 is 0 Å². The van der Waals surface area contributed by atoms with Gasteiger partial charge in [-0.25, -0.2) is 0 Å². The van der Waals surface area contributed by atoms with Crippen molar-refractivity contribution in [2.45, 2.75) is 17.5 Å². The van der Waals surface area contributed by atoms with E-state index in [4.69, 9.17) is 27.9 Å². The van der Waals surface area contributed by atoms with Gasteiger partial charge in [0.1, 0.15) is 5.75 Å². The minimum atomic E-state index is 0.491. The van der Waals surface area contributed by atoms with E-state index in [2.05, 4.69) is 16.8 Å². The maximum absolute atomic E-state index is 6.14. The first kappa shape index (κ1) is 18.8. The molecule has 0 atom stereocenters. The van der Waals surface area contributed by atoms with E-state index in [1.54, 1.807) is 31.0 Å². The van der Waals surface area contributed by atoms with Gasteiger partial charge in [0, 0.05) is 17.9 Å². The molecule has 0 bridgehead atoms. The lowest BCUT2D eigenvalue weighted by molar-refractivity contribution is 0.414. The highest BCUT2D eigenvalue weighted by Crippen LogP contribution is 2.30. The van der Waals surface area contributed by atoms with Gasteiger partial charge in [-0.3, -0.25) is 4.57 Å². The van der Waals surface area contributed by atoms with Crippen LogP contribution in [-0.2, 0) is 12.3 Å². The van der Waals surface area contributed by atoms with Crippen LogP contribution in [0.5, 0.6) is 5.75 Å². The van der Waals surface area contributed by atoms with Crippen molar-refractivity contribution in [1.29, 1.82) is 0 Å². The van der Waals surface area contributed by atoms with Gasteiger partial charge in [0.05, 0.1) is 17.2 Å². The predicted molar refractivity (Wildman–Crippen MR) is 108 cm³/mol. The molecule has 0 saturated carbocycles. The number of allylic oxidation sites excluding steroid dienone is 1. The van der Waals surface area contributed by atoms with E-state index in [1.807, 2.05) is 41.0 Å². The minimum absolute atomic E-state index is 0.491. The lowest BCUT2D eigenvalue weighted by Gasteiger charge is -2.09. The Balaban J connectivity index is 1.84. The number of halogens is 2. The Bertz CT molecular complexity index is 910. The molecule has 0 aliphatic rings. The van der Waals surface area contributed by atoms with Crippen molar-refractivity contribution < 1.29 is 4.74 Å². The Kier molecular flexibility index (Phi) is 6.25. The molecule has 3 aromatic rings. The first-order valence-corrected chi connectivity index (χ1v) is 9.61. The van der Waals surface area contributed by atoms with Crippen LogP contribution < -0.4 is 4.74 Å². The van der Waals surface area contributed by atoms with Gasteiger partial charge in [-0.2, -0.15) is 0 Å². The van der Waals surface area contributed by atoms with E-state index in [-0.39, 0.29) is 0 Å². The molecule has 1 heterocycles. The first-order valence-electron chi connectivity index (χ1n) is 7.87. The molecule has 134 valence electrons. The second-order valence-electron chi connectivity index (χ2n) is 5.47. The largest absolute Gasteiger partial charge is 0.497 e. The average molecular weight is 406 g/mol. The van der Waals surface area contributed by atoms with Crippen LogP contribution >= 0.6 is 35.0 Å². The van der Waals surface area contributed by atoms with Crippen LogP contribution in [0.25, 0.3) is 11.4 Å². The zero-order valence-corrected chi connectivity index (χ0v) is 16.5. The number of benzene rings is 2. The molecular formula is C19H17Cl2N3OS. The summed E-state index contributed by atoms with van der Waals surface area (Å²) in [5.74, 6) is 2.36. The highest BCUT2D eigenvalue weighted by Gasteiger charge is 2.14. The SMILES string of the molecule is C=CCn1c(SCc2ccc(OC)cc2)nnc1-c1ccc(Cl)c(Cl)c1. The van der Waals surface area contributed by atoms with Gasteiger partial charge in [0.15, 0.2) is 11.0 Å². The quantitative estimate of drug-likeness (QED) is 0.371. The molecule has 0 unspecified atom stereocenters. The lowest BCUT2D eigenvalue weighted by atomic mass is 10.2. The van der Waals surface area contributed by atoms with Crippen molar-refractivity contribution >= 4 is 35.0 Å². The maximum Gasteiger partial charge on any atom is 0.192 e. The Labute approximate surface area is 166 Å². The number of hydrogen-bond donors (Lipinski definition) is 0. The van der Waals surface area contributed by atoms with Crippen LogP contribution in [0.15, 0.2) is 60.3 Å². The van der Waals surface area contributed by atoms with Crippen LogP contribution in [0.3, 0.4) is 0 Å². The normalized spacial score (nSPS) is 10.7. The summed E-state index contributed by atoms with van der Waals surface area (Å²) in [7, 11) is 1.66. The third kappa shape index (κ3) is 4.23. The van der Waals surface area contributed by atoms with Crippen LogP contribution in [0, 0.1) is 0 Å². The highest BCUT2D eigenvalue weighted by molar-refractivity contribution is 7.98. The summed E-state index contributed by atoms with van der Waals surface area (Å²) in [6.07, 6.45) is 1.82. The number of aromatic nitrogens is 3. The van der Waals surface area contributed by atoms with Gasteiger partial charge < -0.3 is 4.74 Å². The molecular weight excluding hydrogens is 389 g/mol. The van der Waals surface area contributed by atoms with E-state index in [9.17, 15) is 0 Å².